The van der Waals surface area contributed by atoms with E-state index in [2.05, 4.69) is 0 Å². The number of nitrogens with zero attached hydrogens (tertiary/aromatic N) is 2. The predicted molar refractivity (Wildman–Crippen MR) is 87.4 cm³/mol. The van der Waals surface area contributed by atoms with Crippen LogP contribution in [0.5, 0.6) is 0 Å². The minimum Gasteiger partial charge on any atom is -0.449 e. The fourth-order valence-electron chi connectivity index (χ4n) is 2.66. The van der Waals surface area contributed by atoms with Crippen molar-refractivity contribution in [2.75, 3.05) is 18.8 Å². The van der Waals surface area contributed by atoms with Crippen molar-refractivity contribution in [1.82, 2.24) is 4.90 Å². The van der Waals surface area contributed by atoms with Crippen molar-refractivity contribution in [3.8, 4) is 0 Å². The number of benzene rings is 1. The molecule has 8 heteroatoms. The second-order valence-corrected chi connectivity index (χ2v) is 5.82. The van der Waals surface area contributed by atoms with E-state index in [1.807, 2.05) is 0 Å². The van der Waals surface area contributed by atoms with Crippen molar-refractivity contribution in [3.63, 3.8) is 0 Å². The molecule has 1 heterocycles. The van der Waals surface area contributed by atoms with Gasteiger partial charge in [0.15, 0.2) is 6.10 Å². The molecule has 1 amide bonds. The molecule has 0 aliphatic carbocycles. The molecule has 1 aromatic rings. The first-order valence-electron chi connectivity index (χ1n) is 7.94. The predicted octanol–water partition coefficient (Wildman–Crippen LogP) is 2.12. The van der Waals surface area contributed by atoms with Crippen LogP contribution in [-0.4, -0.2) is 40.9 Å². The molecule has 0 unspecified atom stereocenters. The Balaban J connectivity index is 2.06. The molecular weight excluding hydrogens is 314 g/mol. The lowest BCUT2D eigenvalue weighted by molar-refractivity contribution is -0.384. The van der Waals surface area contributed by atoms with E-state index < -0.39 is 17.0 Å². The van der Waals surface area contributed by atoms with Gasteiger partial charge >= 0.3 is 5.97 Å². The van der Waals surface area contributed by atoms with Crippen LogP contribution in [0.2, 0.25) is 0 Å². The van der Waals surface area contributed by atoms with E-state index >= 15 is 0 Å². The molecule has 24 heavy (non-hydrogen) atoms. The molecule has 1 aliphatic rings. The number of rotatable bonds is 4. The number of carbonyl (C=O) groups excluding carboxylic acids is 2. The summed E-state index contributed by atoms with van der Waals surface area (Å²) in [5.41, 5.74) is 5.38. The van der Waals surface area contributed by atoms with E-state index in [0.717, 1.165) is 31.7 Å². The third-order valence-corrected chi connectivity index (χ3v) is 4.02. The molecule has 1 aromatic carbocycles. The molecular formula is C16H21N3O5. The maximum absolute atomic E-state index is 12.4. The highest BCUT2D eigenvalue weighted by Gasteiger charge is 2.26. The molecule has 130 valence electrons. The van der Waals surface area contributed by atoms with Gasteiger partial charge in [0.1, 0.15) is 0 Å². The number of ether oxygens (including phenoxy) is 1. The number of hydrogen-bond acceptors (Lipinski definition) is 6. The average molecular weight is 335 g/mol. The molecule has 1 atom stereocenters. The first-order valence-corrected chi connectivity index (χ1v) is 7.94. The summed E-state index contributed by atoms with van der Waals surface area (Å²) in [6, 6.07) is 3.54. The molecule has 2 N–H and O–H groups in total. The summed E-state index contributed by atoms with van der Waals surface area (Å²) in [7, 11) is 0. The zero-order valence-corrected chi connectivity index (χ0v) is 13.6. The minimum atomic E-state index is -0.964. The van der Waals surface area contributed by atoms with Crippen LogP contribution in [0.3, 0.4) is 0 Å². The van der Waals surface area contributed by atoms with Crippen LogP contribution in [0.15, 0.2) is 18.2 Å². The molecule has 0 aromatic heterocycles. The summed E-state index contributed by atoms with van der Waals surface area (Å²) in [6.07, 6.45) is 3.08. The summed E-state index contributed by atoms with van der Waals surface area (Å²) < 4.78 is 5.18. The standard InChI is InChI=1S/C16H21N3O5/c1-11(15(20)18-8-4-2-3-5-9-18)24-16(21)13-10-12(19(22)23)6-7-14(13)17/h6-7,10-11H,2-5,8-9,17H2,1H3/t11-/m0/s1. The first-order chi connectivity index (χ1) is 11.4. The molecule has 1 aliphatic heterocycles. The Morgan fingerprint density at radius 1 is 1.25 bits per heavy atom. The maximum atomic E-state index is 12.4. The van der Waals surface area contributed by atoms with E-state index in [1.165, 1.54) is 19.1 Å². The van der Waals surface area contributed by atoms with Gasteiger partial charge in [-0.05, 0) is 25.8 Å². The zero-order valence-electron chi connectivity index (χ0n) is 13.6. The lowest BCUT2D eigenvalue weighted by Gasteiger charge is -2.24. The summed E-state index contributed by atoms with van der Waals surface area (Å²) in [5.74, 6) is -1.10. The SMILES string of the molecule is C[C@H](OC(=O)c1cc([N+](=O)[O-])ccc1N)C(=O)N1CCCCCC1. The second kappa shape index (κ2) is 7.76. The van der Waals surface area contributed by atoms with Gasteiger partial charge in [-0.25, -0.2) is 4.79 Å². The molecule has 1 fully saturated rings. The number of nitrogen functional groups attached to an aromatic ring is 1. The molecule has 0 bridgehead atoms. The lowest BCUT2D eigenvalue weighted by atomic mass is 10.1. The number of esters is 1. The monoisotopic (exact) mass is 335 g/mol. The average Bonchev–Trinajstić information content (AvgIpc) is 2.83. The van der Waals surface area contributed by atoms with Gasteiger partial charge in [-0.1, -0.05) is 12.8 Å². The van der Waals surface area contributed by atoms with E-state index in [4.69, 9.17) is 10.5 Å². The fraction of sp³-hybridized carbons (Fsp3) is 0.500. The van der Waals surface area contributed by atoms with Gasteiger partial charge in [0.25, 0.3) is 11.6 Å². The number of anilines is 1. The summed E-state index contributed by atoms with van der Waals surface area (Å²) in [4.78, 5) is 36.5. The number of nitro groups is 1. The topological polar surface area (TPSA) is 116 Å². The van der Waals surface area contributed by atoms with Crippen LogP contribution >= 0.6 is 0 Å². The summed E-state index contributed by atoms with van der Waals surface area (Å²) in [5, 5.41) is 10.8. The normalized spacial score (nSPS) is 16.1. The molecule has 0 saturated carbocycles. The van der Waals surface area contributed by atoms with Crippen LogP contribution in [0.4, 0.5) is 11.4 Å². The quantitative estimate of drug-likeness (QED) is 0.390. The molecule has 2 rings (SSSR count). The Kier molecular flexibility index (Phi) is 5.73. The van der Waals surface area contributed by atoms with Gasteiger partial charge in [-0.2, -0.15) is 0 Å². The third-order valence-electron chi connectivity index (χ3n) is 4.02. The number of non-ortho nitro benzene ring substituents is 1. The molecule has 0 spiro atoms. The van der Waals surface area contributed by atoms with E-state index in [9.17, 15) is 19.7 Å². The van der Waals surface area contributed by atoms with Gasteiger partial charge in [-0.15, -0.1) is 0 Å². The van der Waals surface area contributed by atoms with Gasteiger partial charge < -0.3 is 15.4 Å². The first kappa shape index (κ1) is 17.7. The van der Waals surface area contributed by atoms with Crippen molar-refractivity contribution in [1.29, 1.82) is 0 Å². The Morgan fingerprint density at radius 3 is 2.46 bits per heavy atom. The van der Waals surface area contributed by atoms with Gasteiger partial charge in [0, 0.05) is 30.9 Å². The van der Waals surface area contributed by atoms with Gasteiger partial charge in [0.2, 0.25) is 0 Å². The van der Waals surface area contributed by atoms with Crippen molar-refractivity contribution >= 4 is 23.3 Å². The largest absolute Gasteiger partial charge is 0.449 e. The van der Waals surface area contributed by atoms with E-state index in [0.29, 0.717) is 13.1 Å². The number of likely N-dealkylation sites (tertiary alicyclic amines) is 1. The van der Waals surface area contributed by atoms with Crippen molar-refractivity contribution < 1.29 is 19.2 Å². The highest BCUT2D eigenvalue weighted by atomic mass is 16.6. The zero-order chi connectivity index (χ0) is 17.7. The van der Waals surface area contributed by atoms with Crippen molar-refractivity contribution in [2.45, 2.75) is 38.7 Å². The summed E-state index contributed by atoms with van der Waals surface area (Å²) >= 11 is 0. The Hall–Kier alpha value is -2.64. The highest BCUT2D eigenvalue weighted by Crippen LogP contribution is 2.21. The number of nitro benzene ring substituents is 1. The smallest absolute Gasteiger partial charge is 0.341 e. The Labute approximate surface area is 139 Å². The Morgan fingerprint density at radius 2 is 1.88 bits per heavy atom. The van der Waals surface area contributed by atoms with Crippen LogP contribution in [0.1, 0.15) is 43.0 Å². The van der Waals surface area contributed by atoms with Gasteiger partial charge in [0.05, 0.1) is 10.5 Å². The third kappa shape index (κ3) is 4.21. The second-order valence-electron chi connectivity index (χ2n) is 5.82. The lowest BCUT2D eigenvalue weighted by Crippen LogP contribution is -2.40. The number of carbonyl (C=O) groups is 2. The van der Waals surface area contributed by atoms with E-state index in [-0.39, 0.29) is 22.8 Å². The number of hydrogen-bond donors (Lipinski definition) is 1. The molecule has 0 radical (unpaired) electrons. The van der Waals surface area contributed by atoms with Crippen LogP contribution in [-0.2, 0) is 9.53 Å². The maximum Gasteiger partial charge on any atom is 0.341 e. The fourth-order valence-corrected chi connectivity index (χ4v) is 2.66. The number of amides is 1. The highest BCUT2D eigenvalue weighted by molar-refractivity contribution is 5.97. The van der Waals surface area contributed by atoms with Crippen LogP contribution < -0.4 is 5.73 Å². The van der Waals surface area contributed by atoms with Crippen LogP contribution in [0, 0.1) is 10.1 Å². The minimum absolute atomic E-state index is 0.0695. The summed E-state index contributed by atoms with van der Waals surface area (Å²) in [6.45, 7) is 2.80. The van der Waals surface area contributed by atoms with Crippen molar-refractivity contribution in [3.05, 3.63) is 33.9 Å². The molecule has 8 nitrogen and oxygen atoms in total. The van der Waals surface area contributed by atoms with Crippen molar-refractivity contribution in [2.24, 2.45) is 0 Å². The number of nitrogens with two attached hydrogens (primary N) is 1. The molecule has 1 saturated heterocycles. The van der Waals surface area contributed by atoms with Gasteiger partial charge in [-0.3, -0.25) is 14.9 Å². The van der Waals surface area contributed by atoms with E-state index in [1.54, 1.807) is 4.90 Å². The van der Waals surface area contributed by atoms with Crippen LogP contribution in [0.25, 0.3) is 0 Å². The Bertz CT molecular complexity index is 639.